The Kier molecular flexibility index (Phi) is 3.44. The van der Waals surface area contributed by atoms with Gasteiger partial charge in [0.25, 0.3) is 0 Å². The van der Waals surface area contributed by atoms with Crippen molar-refractivity contribution in [3.05, 3.63) is 24.2 Å². The Hall–Kier alpha value is -0.800. The van der Waals surface area contributed by atoms with Gasteiger partial charge in [-0.2, -0.15) is 0 Å². The lowest BCUT2D eigenvalue weighted by molar-refractivity contribution is 0.386. The summed E-state index contributed by atoms with van der Waals surface area (Å²) in [6, 6.07) is 3.90. The van der Waals surface area contributed by atoms with Gasteiger partial charge in [0.1, 0.15) is 5.76 Å². The van der Waals surface area contributed by atoms with Crippen LogP contribution in [0.1, 0.15) is 37.9 Å². The van der Waals surface area contributed by atoms with Gasteiger partial charge in [-0.3, -0.25) is 0 Å². The first kappa shape index (κ1) is 10.7. The van der Waals surface area contributed by atoms with E-state index in [1.165, 1.54) is 25.7 Å². The van der Waals surface area contributed by atoms with Crippen molar-refractivity contribution in [2.45, 2.75) is 44.2 Å². The van der Waals surface area contributed by atoms with Crippen LogP contribution < -0.4 is 11.1 Å². The molecule has 0 spiro atoms. The van der Waals surface area contributed by atoms with Crippen LogP contribution in [0.2, 0.25) is 0 Å². The van der Waals surface area contributed by atoms with E-state index in [1.54, 1.807) is 6.26 Å². The molecular weight excluding hydrogens is 188 g/mol. The summed E-state index contributed by atoms with van der Waals surface area (Å²) in [7, 11) is 0. The van der Waals surface area contributed by atoms with Crippen LogP contribution in [0.25, 0.3) is 0 Å². The number of hydrogen-bond donors (Lipinski definition) is 2. The fraction of sp³-hybridized carbons (Fsp3) is 0.667. The van der Waals surface area contributed by atoms with Gasteiger partial charge in [0, 0.05) is 5.54 Å². The van der Waals surface area contributed by atoms with Gasteiger partial charge in [-0.1, -0.05) is 12.8 Å². The first-order valence-electron chi connectivity index (χ1n) is 5.81. The molecule has 3 N–H and O–H groups in total. The molecule has 1 aliphatic rings. The second kappa shape index (κ2) is 4.81. The molecule has 1 saturated carbocycles. The third-order valence-electron chi connectivity index (χ3n) is 3.28. The van der Waals surface area contributed by atoms with E-state index in [2.05, 4.69) is 5.32 Å². The van der Waals surface area contributed by atoms with E-state index in [9.17, 15) is 0 Å². The minimum Gasteiger partial charge on any atom is -0.468 e. The molecule has 0 bridgehead atoms. The molecule has 0 radical (unpaired) electrons. The molecule has 84 valence electrons. The van der Waals surface area contributed by atoms with Crippen LogP contribution in [-0.4, -0.2) is 12.1 Å². The fourth-order valence-corrected chi connectivity index (χ4v) is 2.29. The molecule has 0 aromatic carbocycles. The van der Waals surface area contributed by atoms with Crippen LogP contribution in [0, 0.1) is 0 Å². The molecule has 3 nitrogen and oxygen atoms in total. The minimum absolute atomic E-state index is 0.107. The van der Waals surface area contributed by atoms with Crippen molar-refractivity contribution in [2.24, 2.45) is 5.73 Å². The van der Waals surface area contributed by atoms with Crippen molar-refractivity contribution in [1.82, 2.24) is 5.32 Å². The largest absolute Gasteiger partial charge is 0.468 e. The number of nitrogens with two attached hydrogens (primary N) is 1. The van der Waals surface area contributed by atoms with E-state index in [1.807, 2.05) is 12.1 Å². The van der Waals surface area contributed by atoms with E-state index in [4.69, 9.17) is 10.2 Å². The van der Waals surface area contributed by atoms with E-state index < -0.39 is 0 Å². The van der Waals surface area contributed by atoms with Gasteiger partial charge in [0.15, 0.2) is 0 Å². The molecule has 0 aliphatic heterocycles. The second-order valence-electron chi connectivity index (χ2n) is 4.58. The highest BCUT2D eigenvalue weighted by atomic mass is 16.3. The van der Waals surface area contributed by atoms with Crippen LogP contribution in [0.15, 0.2) is 22.8 Å². The summed E-state index contributed by atoms with van der Waals surface area (Å²) in [5.41, 5.74) is 6.36. The average Bonchev–Trinajstić information content (AvgIpc) is 2.84. The van der Waals surface area contributed by atoms with Crippen LogP contribution >= 0.6 is 0 Å². The lowest BCUT2D eigenvalue weighted by Gasteiger charge is -2.23. The van der Waals surface area contributed by atoms with Gasteiger partial charge in [-0.15, -0.1) is 0 Å². The summed E-state index contributed by atoms with van der Waals surface area (Å²) in [5.74, 6) is 0.993. The minimum atomic E-state index is 0.107. The number of rotatable bonds is 5. The normalized spacial score (nSPS) is 19.5. The fourth-order valence-electron chi connectivity index (χ4n) is 2.29. The molecular formula is C12H20N2O. The Balaban J connectivity index is 1.62. The number of hydrogen-bond acceptors (Lipinski definition) is 3. The highest BCUT2D eigenvalue weighted by Gasteiger charge is 2.28. The van der Waals surface area contributed by atoms with Gasteiger partial charge >= 0.3 is 0 Å². The van der Waals surface area contributed by atoms with E-state index in [0.29, 0.717) is 0 Å². The van der Waals surface area contributed by atoms with Crippen molar-refractivity contribution in [1.29, 1.82) is 0 Å². The molecule has 1 aromatic heterocycles. The second-order valence-corrected chi connectivity index (χ2v) is 4.58. The molecule has 3 heteroatoms. The zero-order chi connectivity index (χ0) is 10.6. The van der Waals surface area contributed by atoms with E-state index >= 15 is 0 Å². The Morgan fingerprint density at radius 2 is 2.20 bits per heavy atom. The summed E-state index contributed by atoms with van der Waals surface area (Å²) in [5, 5.41) is 3.37. The molecule has 1 aliphatic carbocycles. The molecule has 0 unspecified atom stereocenters. The van der Waals surface area contributed by atoms with Crippen LogP contribution in [0.4, 0.5) is 0 Å². The Morgan fingerprint density at radius 3 is 2.87 bits per heavy atom. The van der Waals surface area contributed by atoms with Crippen molar-refractivity contribution < 1.29 is 4.42 Å². The zero-order valence-corrected chi connectivity index (χ0v) is 9.17. The molecule has 15 heavy (non-hydrogen) atoms. The zero-order valence-electron chi connectivity index (χ0n) is 9.17. The van der Waals surface area contributed by atoms with Crippen LogP contribution in [0.5, 0.6) is 0 Å². The Morgan fingerprint density at radius 1 is 1.40 bits per heavy atom. The van der Waals surface area contributed by atoms with E-state index in [-0.39, 0.29) is 5.54 Å². The third kappa shape index (κ3) is 3.08. The molecule has 1 aromatic rings. The van der Waals surface area contributed by atoms with Crippen LogP contribution in [-0.2, 0) is 6.54 Å². The first-order valence-corrected chi connectivity index (χ1v) is 5.81. The molecule has 2 rings (SSSR count). The van der Waals surface area contributed by atoms with Crippen molar-refractivity contribution in [3.63, 3.8) is 0 Å². The highest BCUT2D eigenvalue weighted by Crippen LogP contribution is 2.29. The quantitative estimate of drug-likeness (QED) is 0.728. The maximum absolute atomic E-state index is 6.26. The molecule has 0 amide bonds. The number of nitrogens with one attached hydrogen (secondary N) is 1. The lowest BCUT2D eigenvalue weighted by atomic mass is 9.95. The monoisotopic (exact) mass is 208 g/mol. The molecule has 1 fully saturated rings. The summed E-state index contributed by atoms with van der Waals surface area (Å²) >= 11 is 0. The SMILES string of the molecule is NC1(CCNCc2ccco2)CCCC1. The van der Waals surface area contributed by atoms with Gasteiger partial charge < -0.3 is 15.5 Å². The van der Waals surface area contributed by atoms with Crippen molar-refractivity contribution in [2.75, 3.05) is 6.54 Å². The van der Waals surface area contributed by atoms with Crippen LogP contribution in [0.3, 0.4) is 0 Å². The van der Waals surface area contributed by atoms with Gasteiger partial charge in [0.2, 0.25) is 0 Å². The molecule has 0 saturated heterocycles. The smallest absolute Gasteiger partial charge is 0.117 e. The predicted octanol–water partition coefficient (Wildman–Crippen LogP) is 2.03. The Bertz CT molecular complexity index is 276. The predicted molar refractivity (Wildman–Crippen MR) is 60.4 cm³/mol. The lowest BCUT2D eigenvalue weighted by Crippen LogP contribution is -2.39. The maximum atomic E-state index is 6.26. The molecule has 1 heterocycles. The van der Waals surface area contributed by atoms with Gasteiger partial charge in [-0.25, -0.2) is 0 Å². The summed E-state index contributed by atoms with van der Waals surface area (Å²) in [6.07, 6.45) is 7.76. The van der Waals surface area contributed by atoms with Gasteiger partial charge in [0.05, 0.1) is 12.8 Å². The van der Waals surface area contributed by atoms with Crippen molar-refractivity contribution in [3.8, 4) is 0 Å². The standard InChI is InChI=1S/C12H20N2O/c13-12(5-1-2-6-12)7-8-14-10-11-4-3-9-15-11/h3-4,9,14H,1-2,5-8,10,13H2. The average molecular weight is 208 g/mol. The van der Waals surface area contributed by atoms with Gasteiger partial charge in [-0.05, 0) is 37.9 Å². The highest BCUT2D eigenvalue weighted by molar-refractivity contribution is 4.97. The Labute approximate surface area is 91.0 Å². The summed E-state index contributed by atoms with van der Waals surface area (Å²) < 4.78 is 5.24. The van der Waals surface area contributed by atoms with Crippen molar-refractivity contribution >= 4 is 0 Å². The summed E-state index contributed by atoms with van der Waals surface area (Å²) in [6.45, 7) is 1.79. The maximum Gasteiger partial charge on any atom is 0.117 e. The topological polar surface area (TPSA) is 51.2 Å². The first-order chi connectivity index (χ1) is 7.29. The third-order valence-corrected chi connectivity index (χ3v) is 3.28. The summed E-state index contributed by atoms with van der Waals surface area (Å²) in [4.78, 5) is 0. The molecule has 0 atom stereocenters. The van der Waals surface area contributed by atoms with E-state index in [0.717, 1.165) is 25.3 Å². The number of furan rings is 1.